The molecule has 36 heavy (non-hydrogen) atoms. The molecule has 0 radical (unpaired) electrons. The molecule has 0 bridgehead atoms. The molecule has 1 saturated carbocycles. The average molecular weight is 505 g/mol. The van der Waals surface area contributed by atoms with Gasteiger partial charge in [0.2, 0.25) is 0 Å². The maximum absolute atomic E-state index is 15.1. The molecule has 3 aromatic rings. The normalized spacial score (nSPS) is 18.1. The molecular weight excluding hydrogens is 478 g/mol. The van der Waals surface area contributed by atoms with Crippen LogP contribution in [0.5, 0.6) is 5.75 Å². The molecule has 3 aromatic carbocycles. The highest BCUT2D eigenvalue weighted by Gasteiger charge is 2.30. The van der Waals surface area contributed by atoms with Gasteiger partial charge in [-0.05, 0) is 66.7 Å². The Hall–Kier alpha value is -3.14. The molecule has 1 aliphatic carbocycles. The molecule has 0 aromatic heterocycles. The number of halogens is 6. The quantitative estimate of drug-likeness (QED) is 0.250. The lowest BCUT2D eigenvalue weighted by Crippen LogP contribution is -2.20. The van der Waals surface area contributed by atoms with E-state index in [4.69, 9.17) is 0 Å². The highest BCUT2D eigenvalue weighted by Crippen LogP contribution is 2.38. The maximum Gasteiger partial charge on any atom is 0.422 e. The minimum atomic E-state index is -4.74. The van der Waals surface area contributed by atoms with Gasteiger partial charge in [0.15, 0.2) is 24.0 Å². The first-order chi connectivity index (χ1) is 17.1. The standard InChI is InChI=1S/C29H26F6O/c1-2-3-18-4-7-20(8-5-18)22-12-13-24-23(16-22)11-10-21(27(24)32)9-6-19-14-25(30)28(26(31)15-19)36-17-29(33,34)35/h10-16,18,20H,2-5,7-8,17H2,1H3. The largest absolute Gasteiger partial charge is 0.478 e. The molecule has 0 aliphatic heterocycles. The molecule has 0 saturated heterocycles. The zero-order chi connectivity index (χ0) is 25.9. The Labute approximate surface area is 206 Å². The van der Waals surface area contributed by atoms with Crippen molar-refractivity contribution in [2.24, 2.45) is 5.92 Å². The fourth-order valence-electron chi connectivity index (χ4n) is 4.92. The van der Waals surface area contributed by atoms with Crippen LogP contribution < -0.4 is 4.74 Å². The summed E-state index contributed by atoms with van der Waals surface area (Å²) in [7, 11) is 0. The zero-order valence-corrected chi connectivity index (χ0v) is 19.8. The predicted molar refractivity (Wildman–Crippen MR) is 127 cm³/mol. The number of fused-ring (bicyclic) bond motifs is 1. The molecule has 1 aliphatic rings. The Morgan fingerprint density at radius 1 is 0.889 bits per heavy atom. The molecule has 0 amide bonds. The van der Waals surface area contributed by atoms with Gasteiger partial charge in [-0.3, -0.25) is 0 Å². The van der Waals surface area contributed by atoms with Crippen molar-refractivity contribution in [3.63, 3.8) is 0 Å². The number of hydrogen-bond acceptors (Lipinski definition) is 1. The third-order valence-corrected chi connectivity index (χ3v) is 6.71. The molecule has 1 nitrogen and oxygen atoms in total. The Kier molecular flexibility index (Phi) is 7.82. The van der Waals surface area contributed by atoms with Crippen molar-refractivity contribution < 1.29 is 31.1 Å². The van der Waals surface area contributed by atoms with E-state index < -0.39 is 36.0 Å². The molecular formula is C29H26F6O. The van der Waals surface area contributed by atoms with Crippen molar-refractivity contribution in [3.8, 4) is 17.6 Å². The van der Waals surface area contributed by atoms with Crippen molar-refractivity contribution in [1.29, 1.82) is 0 Å². The Bertz CT molecular complexity index is 1270. The van der Waals surface area contributed by atoms with E-state index in [1.165, 1.54) is 37.3 Å². The van der Waals surface area contributed by atoms with Gasteiger partial charge in [-0.2, -0.15) is 13.2 Å². The van der Waals surface area contributed by atoms with E-state index in [0.29, 0.717) is 11.3 Å². The van der Waals surface area contributed by atoms with Crippen molar-refractivity contribution >= 4 is 10.8 Å². The van der Waals surface area contributed by atoms with Crippen molar-refractivity contribution in [2.45, 2.75) is 57.5 Å². The topological polar surface area (TPSA) is 9.23 Å². The molecule has 0 unspecified atom stereocenters. The van der Waals surface area contributed by atoms with E-state index in [2.05, 4.69) is 23.5 Å². The summed E-state index contributed by atoms with van der Waals surface area (Å²) in [6.07, 6.45) is 2.45. The summed E-state index contributed by atoms with van der Waals surface area (Å²) < 4.78 is 84.3. The minimum absolute atomic E-state index is 0.0496. The zero-order valence-electron chi connectivity index (χ0n) is 19.8. The Balaban J connectivity index is 1.52. The molecule has 0 heterocycles. The van der Waals surface area contributed by atoms with Crippen LogP contribution in [0.25, 0.3) is 10.8 Å². The highest BCUT2D eigenvalue weighted by molar-refractivity contribution is 5.85. The molecule has 0 spiro atoms. The van der Waals surface area contributed by atoms with Crippen molar-refractivity contribution in [3.05, 3.63) is 76.6 Å². The lowest BCUT2D eigenvalue weighted by atomic mass is 9.77. The first-order valence-corrected chi connectivity index (χ1v) is 12.1. The number of rotatable bonds is 5. The lowest BCUT2D eigenvalue weighted by molar-refractivity contribution is -0.154. The van der Waals surface area contributed by atoms with Gasteiger partial charge in [0.1, 0.15) is 5.82 Å². The van der Waals surface area contributed by atoms with Crippen LogP contribution in [0.2, 0.25) is 0 Å². The summed E-state index contributed by atoms with van der Waals surface area (Å²) >= 11 is 0. The van der Waals surface area contributed by atoms with E-state index in [-0.39, 0.29) is 11.1 Å². The first kappa shape index (κ1) is 25.9. The smallest absolute Gasteiger partial charge is 0.422 e. The van der Waals surface area contributed by atoms with Gasteiger partial charge in [-0.1, -0.05) is 55.9 Å². The number of hydrogen-bond donors (Lipinski definition) is 0. The van der Waals surface area contributed by atoms with Crippen LogP contribution in [-0.2, 0) is 0 Å². The van der Waals surface area contributed by atoms with Gasteiger partial charge >= 0.3 is 6.18 Å². The Morgan fingerprint density at radius 3 is 2.22 bits per heavy atom. The maximum atomic E-state index is 15.1. The second-order valence-electron chi connectivity index (χ2n) is 9.34. The Morgan fingerprint density at radius 2 is 1.58 bits per heavy atom. The van der Waals surface area contributed by atoms with Crippen molar-refractivity contribution in [1.82, 2.24) is 0 Å². The molecule has 7 heteroatoms. The van der Waals surface area contributed by atoms with E-state index in [1.807, 2.05) is 12.1 Å². The van der Waals surface area contributed by atoms with Gasteiger partial charge in [0.25, 0.3) is 0 Å². The number of alkyl halides is 3. The monoisotopic (exact) mass is 504 g/mol. The molecule has 1 fully saturated rings. The van der Waals surface area contributed by atoms with Gasteiger partial charge in [0, 0.05) is 10.9 Å². The first-order valence-electron chi connectivity index (χ1n) is 12.1. The SMILES string of the molecule is CCCC1CCC(c2ccc3c(F)c(C#Cc4cc(F)c(OCC(F)(F)F)c(F)c4)ccc3c2)CC1. The van der Waals surface area contributed by atoms with Crippen LogP contribution >= 0.6 is 0 Å². The molecule has 0 atom stereocenters. The molecule has 4 rings (SSSR count). The second-order valence-corrected chi connectivity index (χ2v) is 9.34. The minimum Gasteiger partial charge on any atom is -0.478 e. The van der Waals surface area contributed by atoms with Crippen LogP contribution in [0, 0.1) is 35.2 Å². The third kappa shape index (κ3) is 6.16. The average Bonchev–Trinajstić information content (AvgIpc) is 2.83. The predicted octanol–water partition coefficient (Wildman–Crippen LogP) is 8.67. The molecule has 190 valence electrons. The van der Waals surface area contributed by atoms with Gasteiger partial charge in [-0.15, -0.1) is 0 Å². The van der Waals surface area contributed by atoms with Crippen LogP contribution in [0.4, 0.5) is 26.3 Å². The highest BCUT2D eigenvalue weighted by atomic mass is 19.4. The fourth-order valence-corrected chi connectivity index (χ4v) is 4.92. The van der Waals surface area contributed by atoms with Crippen LogP contribution in [0.15, 0.2) is 42.5 Å². The van der Waals surface area contributed by atoms with Crippen molar-refractivity contribution in [2.75, 3.05) is 6.61 Å². The van der Waals surface area contributed by atoms with E-state index in [0.717, 1.165) is 36.3 Å². The number of benzene rings is 3. The third-order valence-electron chi connectivity index (χ3n) is 6.71. The van der Waals surface area contributed by atoms with Gasteiger partial charge in [0.05, 0.1) is 5.56 Å². The van der Waals surface area contributed by atoms with Crippen LogP contribution in [0.3, 0.4) is 0 Å². The van der Waals surface area contributed by atoms with E-state index >= 15 is 4.39 Å². The molecule has 0 N–H and O–H groups in total. The van der Waals surface area contributed by atoms with Gasteiger partial charge in [-0.25, -0.2) is 13.2 Å². The summed E-state index contributed by atoms with van der Waals surface area (Å²) in [6.45, 7) is 0.391. The van der Waals surface area contributed by atoms with Crippen LogP contribution in [-0.4, -0.2) is 12.8 Å². The summed E-state index contributed by atoms with van der Waals surface area (Å²) in [5.41, 5.74) is 1.10. The summed E-state index contributed by atoms with van der Waals surface area (Å²) in [5.74, 6) is 2.00. The van der Waals surface area contributed by atoms with E-state index in [9.17, 15) is 22.0 Å². The van der Waals surface area contributed by atoms with Gasteiger partial charge < -0.3 is 4.74 Å². The second kappa shape index (κ2) is 10.9. The lowest BCUT2D eigenvalue weighted by Gasteiger charge is -2.28. The number of ether oxygens (including phenoxy) is 1. The summed E-state index contributed by atoms with van der Waals surface area (Å²) in [5, 5.41) is 1.16. The summed E-state index contributed by atoms with van der Waals surface area (Å²) in [4.78, 5) is 0. The van der Waals surface area contributed by atoms with E-state index in [1.54, 1.807) is 12.1 Å². The van der Waals surface area contributed by atoms with Crippen LogP contribution in [0.1, 0.15) is 68.1 Å². The fraction of sp³-hybridized carbons (Fsp3) is 0.379. The summed E-state index contributed by atoms with van der Waals surface area (Å²) in [6, 6.07) is 10.5.